The first kappa shape index (κ1) is 10.8. The summed E-state index contributed by atoms with van der Waals surface area (Å²) in [7, 11) is -3.05. The molecule has 0 heterocycles. The topological polar surface area (TPSA) is 60.2 Å². The molecule has 0 spiro atoms. The van der Waals surface area contributed by atoms with Crippen molar-refractivity contribution in [2.45, 2.75) is 13.8 Å². The van der Waals surface area contributed by atoms with Crippen molar-refractivity contribution in [1.82, 2.24) is 0 Å². The summed E-state index contributed by atoms with van der Waals surface area (Å²) in [6.45, 7) is 3.69. The monoisotopic (exact) mass is 195 g/mol. The van der Waals surface area contributed by atoms with Crippen molar-refractivity contribution in [2.24, 2.45) is 11.7 Å². The Labute approximate surface area is 72.9 Å². The highest BCUT2D eigenvalue weighted by Gasteiger charge is 2.13. The van der Waals surface area contributed by atoms with Crippen molar-refractivity contribution in [3.63, 3.8) is 0 Å². The van der Waals surface area contributed by atoms with Gasteiger partial charge in [0, 0.05) is 0 Å². The van der Waals surface area contributed by atoms with Crippen LogP contribution in [0.1, 0.15) is 13.8 Å². The van der Waals surface area contributed by atoms with E-state index in [2.05, 4.69) is 12.2 Å². The summed E-state index contributed by atoms with van der Waals surface area (Å²) in [6, 6.07) is 0. The van der Waals surface area contributed by atoms with Crippen molar-refractivity contribution in [3.8, 4) is 0 Å². The number of hydrogen-bond donors (Lipinski definition) is 1. The molecular formula is C6H13NO2S2. The lowest BCUT2D eigenvalue weighted by atomic mass is 10.3. The zero-order chi connectivity index (χ0) is 9.07. The van der Waals surface area contributed by atoms with Gasteiger partial charge < -0.3 is 5.73 Å². The van der Waals surface area contributed by atoms with Crippen molar-refractivity contribution in [1.29, 1.82) is 0 Å². The molecule has 0 aromatic heterocycles. The molecule has 0 unspecified atom stereocenters. The summed E-state index contributed by atoms with van der Waals surface area (Å²) >= 11 is 4.50. The summed E-state index contributed by atoms with van der Waals surface area (Å²) < 4.78 is 22.2. The Morgan fingerprint density at radius 3 is 2.27 bits per heavy atom. The molecule has 0 saturated heterocycles. The Hall–Kier alpha value is -0.160. The van der Waals surface area contributed by atoms with Crippen molar-refractivity contribution < 1.29 is 8.42 Å². The smallest absolute Gasteiger partial charge is 0.157 e. The minimum atomic E-state index is -3.05. The lowest BCUT2D eigenvalue weighted by molar-refractivity contribution is 0.586. The summed E-state index contributed by atoms with van der Waals surface area (Å²) in [5, 5.41) is 0. The van der Waals surface area contributed by atoms with E-state index in [4.69, 9.17) is 5.73 Å². The van der Waals surface area contributed by atoms with Crippen LogP contribution in [0.2, 0.25) is 0 Å². The normalized spacial score (nSPS) is 11.9. The maximum atomic E-state index is 11.1. The quantitative estimate of drug-likeness (QED) is 0.657. The molecule has 0 atom stereocenters. The standard InChI is InChI=1S/C6H13NO2S2/c1-5(2)3-11(8,9)4-6(7)10/h5H,3-4H2,1-2H3,(H2,7,10). The fourth-order valence-electron chi connectivity index (χ4n) is 0.784. The molecule has 2 N–H and O–H groups in total. The van der Waals surface area contributed by atoms with Crippen molar-refractivity contribution in [3.05, 3.63) is 0 Å². The molecule has 0 bridgehead atoms. The van der Waals surface area contributed by atoms with Gasteiger partial charge in [0.25, 0.3) is 0 Å². The van der Waals surface area contributed by atoms with Crippen LogP contribution >= 0.6 is 12.2 Å². The molecule has 66 valence electrons. The first-order valence-electron chi connectivity index (χ1n) is 3.32. The molecule has 3 nitrogen and oxygen atoms in total. The molecule has 0 aromatic rings. The Kier molecular flexibility index (Phi) is 3.96. The maximum Gasteiger partial charge on any atom is 0.157 e. The number of nitrogens with two attached hydrogens (primary N) is 1. The minimum absolute atomic E-state index is 0.0469. The van der Waals surface area contributed by atoms with Gasteiger partial charge in [0.1, 0.15) is 5.75 Å². The van der Waals surface area contributed by atoms with E-state index in [0.29, 0.717) is 0 Å². The third-order valence-electron chi connectivity index (χ3n) is 0.949. The third kappa shape index (κ3) is 6.25. The van der Waals surface area contributed by atoms with Crippen LogP contribution in [0.3, 0.4) is 0 Å². The molecule has 0 radical (unpaired) electrons. The molecule has 0 aromatic carbocycles. The minimum Gasteiger partial charge on any atom is -0.392 e. The molecule has 0 amide bonds. The molecule has 0 fully saturated rings. The van der Waals surface area contributed by atoms with Crippen LogP contribution in [0.5, 0.6) is 0 Å². The third-order valence-corrected chi connectivity index (χ3v) is 3.20. The average Bonchev–Trinajstić information content (AvgIpc) is 1.53. The molecule has 0 aliphatic carbocycles. The van der Waals surface area contributed by atoms with Gasteiger partial charge in [-0.2, -0.15) is 0 Å². The van der Waals surface area contributed by atoms with E-state index in [-0.39, 0.29) is 22.4 Å². The van der Waals surface area contributed by atoms with Gasteiger partial charge in [-0.25, -0.2) is 8.42 Å². The Morgan fingerprint density at radius 2 is 2.00 bits per heavy atom. The molecule has 11 heavy (non-hydrogen) atoms. The predicted octanol–water partition coefficient (Wildman–Crippen LogP) is 0.343. The second kappa shape index (κ2) is 4.01. The van der Waals surface area contributed by atoms with Gasteiger partial charge in [0.2, 0.25) is 0 Å². The van der Waals surface area contributed by atoms with Crippen LogP contribution < -0.4 is 5.73 Å². The molecule has 0 saturated carbocycles. The van der Waals surface area contributed by atoms with E-state index in [1.807, 2.05) is 13.8 Å². The van der Waals surface area contributed by atoms with Crippen LogP contribution in [-0.4, -0.2) is 24.9 Å². The first-order valence-corrected chi connectivity index (χ1v) is 5.55. The highest BCUT2D eigenvalue weighted by atomic mass is 32.2. The van der Waals surface area contributed by atoms with Crippen LogP contribution in [0.4, 0.5) is 0 Å². The summed E-state index contributed by atoms with van der Waals surface area (Å²) in [5.41, 5.74) is 5.11. The number of sulfone groups is 1. The van der Waals surface area contributed by atoms with Crippen molar-refractivity contribution >= 4 is 27.0 Å². The summed E-state index contributed by atoms with van der Waals surface area (Å²) in [6.07, 6.45) is 0. The van der Waals surface area contributed by atoms with Crippen LogP contribution in [0.25, 0.3) is 0 Å². The Bertz CT molecular complexity index is 231. The SMILES string of the molecule is CC(C)CS(=O)(=O)CC(N)=S. The van der Waals surface area contributed by atoms with Gasteiger partial charge in [-0.05, 0) is 5.92 Å². The molecule has 5 heteroatoms. The summed E-state index contributed by atoms with van der Waals surface area (Å²) in [5.74, 6) is 0.125. The van der Waals surface area contributed by atoms with Gasteiger partial charge in [-0.3, -0.25) is 0 Å². The van der Waals surface area contributed by atoms with Gasteiger partial charge in [-0.15, -0.1) is 0 Å². The predicted molar refractivity (Wildman–Crippen MR) is 50.3 cm³/mol. The van der Waals surface area contributed by atoms with E-state index in [1.165, 1.54) is 0 Å². The number of hydrogen-bond acceptors (Lipinski definition) is 3. The molecule has 0 aliphatic heterocycles. The van der Waals surface area contributed by atoms with Gasteiger partial charge in [0.15, 0.2) is 9.84 Å². The van der Waals surface area contributed by atoms with Crippen LogP contribution in [-0.2, 0) is 9.84 Å². The first-order chi connectivity index (χ1) is 4.83. The highest BCUT2D eigenvalue weighted by molar-refractivity contribution is 7.93. The fraction of sp³-hybridized carbons (Fsp3) is 0.833. The second-order valence-electron chi connectivity index (χ2n) is 2.91. The molecule has 0 rings (SSSR count). The highest BCUT2D eigenvalue weighted by Crippen LogP contribution is 2.00. The largest absolute Gasteiger partial charge is 0.392 e. The zero-order valence-electron chi connectivity index (χ0n) is 6.70. The summed E-state index contributed by atoms with van der Waals surface area (Å²) in [4.78, 5) is 0.0469. The van der Waals surface area contributed by atoms with E-state index in [0.717, 1.165) is 0 Å². The average molecular weight is 195 g/mol. The van der Waals surface area contributed by atoms with E-state index >= 15 is 0 Å². The Morgan fingerprint density at radius 1 is 1.55 bits per heavy atom. The van der Waals surface area contributed by atoms with E-state index < -0.39 is 9.84 Å². The van der Waals surface area contributed by atoms with Crippen LogP contribution in [0.15, 0.2) is 0 Å². The second-order valence-corrected chi connectivity index (χ2v) is 5.55. The van der Waals surface area contributed by atoms with Crippen LogP contribution in [0, 0.1) is 5.92 Å². The molecular weight excluding hydrogens is 182 g/mol. The number of thiocarbonyl (C=S) groups is 1. The molecule has 0 aliphatic rings. The van der Waals surface area contributed by atoms with Gasteiger partial charge >= 0.3 is 0 Å². The lowest BCUT2D eigenvalue weighted by Crippen LogP contribution is -2.25. The van der Waals surface area contributed by atoms with E-state index in [1.54, 1.807) is 0 Å². The van der Waals surface area contributed by atoms with Crippen molar-refractivity contribution in [2.75, 3.05) is 11.5 Å². The maximum absolute atomic E-state index is 11.1. The Balaban J connectivity index is 4.14. The zero-order valence-corrected chi connectivity index (χ0v) is 8.33. The number of rotatable bonds is 4. The van der Waals surface area contributed by atoms with E-state index in [9.17, 15) is 8.42 Å². The van der Waals surface area contributed by atoms with Gasteiger partial charge in [0.05, 0.1) is 10.7 Å². The fourth-order valence-corrected chi connectivity index (χ4v) is 2.89. The van der Waals surface area contributed by atoms with Gasteiger partial charge in [-0.1, -0.05) is 26.1 Å². The lowest BCUT2D eigenvalue weighted by Gasteiger charge is -2.04.